The van der Waals surface area contributed by atoms with Gasteiger partial charge in [0.1, 0.15) is 0 Å². The Bertz CT molecular complexity index is 988. The molecule has 0 saturated heterocycles. The van der Waals surface area contributed by atoms with E-state index in [9.17, 15) is 4.79 Å². The number of aliphatic imine (C=N–C) groups is 1. The molecule has 0 N–H and O–H groups in total. The first-order valence-electron chi connectivity index (χ1n) is 8.50. The van der Waals surface area contributed by atoms with Crippen molar-refractivity contribution in [3.8, 4) is 11.5 Å². The van der Waals surface area contributed by atoms with E-state index < -0.39 is 5.97 Å². The molecular formula is C20H16BrCl2NO4. The third-order valence-corrected chi connectivity index (χ3v) is 4.86. The Kier molecular flexibility index (Phi) is 6.65. The zero-order chi connectivity index (χ0) is 20.3. The van der Waals surface area contributed by atoms with Gasteiger partial charge in [0.05, 0.1) is 28.3 Å². The average Bonchev–Trinajstić information content (AvgIpc) is 3.00. The van der Waals surface area contributed by atoms with Crippen molar-refractivity contribution < 1.29 is 19.0 Å². The fourth-order valence-electron chi connectivity index (χ4n) is 2.56. The maximum absolute atomic E-state index is 12.3. The number of cyclic esters (lactones) is 1. The van der Waals surface area contributed by atoms with Crippen LogP contribution in [0.1, 0.15) is 25.0 Å². The van der Waals surface area contributed by atoms with Crippen molar-refractivity contribution in [3.05, 3.63) is 61.7 Å². The number of esters is 1. The number of hydrogen-bond donors (Lipinski definition) is 0. The molecule has 0 radical (unpaired) electrons. The number of ether oxygens (including phenoxy) is 3. The van der Waals surface area contributed by atoms with Gasteiger partial charge in [-0.05, 0) is 71.7 Å². The van der Waals surface area contributed by atoms with Crippen molar-refractivity contribution in [1.82, 2.24) is 0 Å². The summed E-state index contributed by atoms with van der Waals surface area (Å²) in [4.78, 5) is 16.6. The van der Waals surface area contributed by atoms with Gasteiger partial charge in [-0.25, -0.2) is 9.79 Å². The number of nitrogens with zero attached hydrogens (tertiary/aromatic N) is 1. The van der Waals surface area contributed by atoms with Crippen LogP contribution < -0.4 is 9.47 Å². The lowest BCUT2D eigenvalue weighted by atomic mass is 10.1. The summed E-state index contributed by atoms with van der Waals surface area (Å²) in [5.74, 6) is 0.710. The zero-order valence-corrected chi connectivity index (χ0v) is 18.2. The highest BCUT2D eigenvalue weighted by atomic mass is 79.9. The van der Waals surface area contributed by atoms with Crippen LogP contribution in [0.4, 0.5) is 0 Å². The number of hydrogen-bond acceptors (Lipinski definition) is 5. The van der Waals surface area contributed by atoms with E-state index in [4.69, 9.17) is 37.4 Å². The molecule has 0 atom stereocenters. The molecule has 146 valence electrons. The number of rotatable bonds is 6. The fourth-order valence-corrected chi connectivity index (χ4v) is 3.51. The maximum Gasteiger partial charge on any atom is 0.363 e. The summed E-state index contributed by atoms with van der Waals surface area (Å²) in [6, 6.07) is 8.45. The van der Waals surface area contributed by atoms with E-state index in [-0.39, 0.29) is 11.6 Å². The van der Waals surface area contributed by atoms with Crippen LogP contribution in [-0.4, -0.2) is 25.1 Å². The summed E-state index contributed by atoms with van der Waals surface area (Å²) < 4.78 is 17.3. The van der Waals surface area contributed by atoms with Gasteiger partial charge in [-0.3, -0.25) is 0 Å². The summed E-state index contributed by atoms with van der Waals surface area (Å²) in [6.45, 7) is 4.75. The Hall–Kier alpha value is -2.02. The molecule has 0 saturated carbocycles. The molecular weight excluding hydrogens is 469 g/mol. The molecule has 1 aliphatic rings. The van der Waals surface area contributed by atoms with Crippen LogP contribution in [0, 0.1) is 0 Å². The minimum absolute atomic E-state index is 0.110. The molecule has 0 unspecified atom stereocenters. The van der Waals surface area contributed by atoms with Crippen LogP contribution in [-0.2, 0) is 9.53 Å². The average molecular weight is 485 g/mol. The van der Waals surface area contributed by atoms with Crippen LogP contribution in [0.15, 0.2) is 45.5 Å². The van der Waals surface area contributed by atoms with E-state index in [1.165, 1.54) is 0 Å². The van der Waals surface area contributed by atoms with Crippen molar-refractivity contribution in [2.75, 3.05) is 13.2 Å². The zero-order valence-electron chi connectivity index (χ0n) is 15.1. The molecule has 0 spiro atoms. The second-order valence-corrected chi connectivity index (χ2v) is 7.35. The molecule has 0 aromatic heterocycles. The molecule has 0 amide bonds. The van der Waals surface area contributed by atoms with E-state index in [2.05, 4.69) is 20.9 Å². The molecule has 2 aromatic rings. The molecule has 3 rings (SSSR count). The van der Waals surface area contributed by atoms with E-state index in [1.807, 2.05) is 19.9 Å². The highest BCUT2D eigenvalue weighted by Gasteiger charge is 2.26. The van der Waals surface area contributed by atoms with E-state index in [0.717, 1.165) is 0 Å². The van der Waals surface area contributed by atoms with Crippen LogP contribution in [0.2, 0.25) is 10.0 Å². The first-order chi connectivity index (χ1) is 13.4. The summed E-state index contributed by atoms with van der Waals surface area (Å²) in [5, 5.41) is 0.854. The Balaban J connectivity index is 2.00. The van der Waals surface area contributed by atoms with Gasteiger partial charge in [0.15, 0.2) is 17.2 Å². The summed E-state index contributed by atoms with van der Waals surface area (Å²) in [7, 11) is 0. The molecule has 2 aromatic carbocycles. The Morgan fingerprint density at radius 1 is 1.14 bits per heavy atom. The first kappa shape index (κ1) is 20.7. The van der Waals surface area contributed by atoms with Crippen LogP contribution >= 0.6 is 39.1 Å². The second-order valence-electron chi connectivity index (χ2n) is 5.66. The highest BCUT2D eigenvalue weighted by Crippen LogP contribution is 2.38. The van der Waals surface area contributed by atoms with Gasteiger partial charge < -0.3 is 14.2 Å². The van der Waals surface area contributed by atoms with Gasteiger partial charge in [-0.15, -0.1) is 0 Å². The normalized spacial score (nSPS) is 14.8. The number of benzene rings is 2. The molecule has 1 aliphatic heterocycles. The maximum atomic E-state index is 12.3. The largest absolute Gasteiger partial charge is 0.490 e. The van der Waals surface area contributed by atoms with Crippen LogP contribution in [0.3, 0.4) is 0 Å². The number of carbonyl (C=O) groups excluding carboxylic acids is 1. The predicted octanol–water partition coefficient (Wildman–Crippen LogP) is 5.90. The van der Waals surface area contributed by atoms with E-state index >= 15 is 0 Å². The van der Waals surface area contributed by atoms with Crippen molar-refractivity contribution in [1.29, 1.82) is 0 Å². The molecule has 28 heavy (non-hydrogen) atoms. The number of halogens is 3. The lowest BCUT2D eigenvalue weighted by Crippen LogP contribution is -2.06. The van der Waals surface area contributed by atoms with Crippen LogP contribution in [0.25, 0.3) is 6.08 Å². The van der Waals surface area contributed by atoms with Crippen molar-refractivity contribution in [3.63, 3.8) is 0 Å². The lowest BCUT2D eigenvalue weighted by molar-refractivity contribution is -0.129. The molecule has 1 heterocycles. The monoisotopic (exact) mass is 483 g/mol. The minimum atomic E-state index is -0.575. The van der Waals surface area contributed by atoms with Crippen molar-refractivity contribution in [2.24, 2.45) is 4.99 Å². The van der Waals surface area contributed by atoms with E-state index in [1.54, 1.807) is 30.3 Å². The second kappa shape index (κ2) is 8.99. The van der Waals surface area contributed by atoms with Gasteiger partial charge in [0.2, 0.25) is 5.90 Å². The Labute approximate surface area is 181 Å². The summed E-state index contributed by atoms with van der Waals surface area (Å²) in [6.07, 6.45) is 1.61. The third-order valence-electron chi connectivity index (χ3n) is 3.70. The first-order valence-corrected chi connectivity index (χ1v) is 10.0. The molecule has 0 aliphatic carbocycles. The molecule has 0 bridgehead atoms. The SMILES string of the molecule is CCOc1cc(/C=C2\N=C(c3cc(Cl)ccc3Cl)OC2=O)cc(Br)c1OCC. The van der Waals surface area contributed by atoms with Crippen LogP contribution in [0.5, 0.6) is 11.5 Å². The minimum Gasteiger partial charge on any atom is -0.490 e. The Morgan fingerprint density at radius 2 is 1.89 bits per heavy atom. The van der Waals surface area contributed by atoms with Gasteiger partial charge in [-0.1, -0.05) is 23.2 Å². The summed E-state index contributed by atoms with van der Waals surface area (Å²) >= 11 is 15.7. The quantitative estimate of drug-likeness (QED) is 0.378. The molecule has 8 heteroatoms. The fraction of sp³-hybridized carbons (Fsp3) is 0.200. The Morgan fingerprint density at radius 3 is 2.61 bits per heavy atom. The van der Waals surface area contributed by atoms with Crippen molar-refractivity contribution in [2.45, 2.75) is 13.8 Å². The molecule has 0 fully saturated rings. The smallest absolute Gasteiger partial charge is 0.363 e. The van der Waals surface area contributed by atoms with Gasteiger partial charge in [0.25, 0.3) is 0 Å². The van der Waals surface area contributed by atoms with Crippen molar-refractivity contribution >= 4 is 57.1 Å². The van der Waals surface area contributed by atoms with Gasteiger partial charge in [0, 0.05) is 5.02 Å². The topological polar surface area (TPSA) is 57.1 Å². The number of carbonyl (C=O) groups is 1. The predicted molar refractivity (Wildman–Crippen MR) is 114 cm³/mol. The van der Waals surface area contributed by atoms with Gasteiger partial charge >= 0.3 is 5.97 Å². The highest BCUT2D eigenvalue weighted by molar-refractivity contribution is 9.10. The van der Waals surface area contributed by atoms with E-state index in [0.29, 0.717) is 50.4 Å². The third kappa shape index (κ3) is 4.51. The molecule has 5 nitrogen and oxygen atoms in total. The standard InChI is InChI=1S/C20H16BrCl2NO4/c1-3-26-17-9-11(7-14(21)18(17)27-4-2)8-16-20(25)28-19(24-16)13-10-12(22)5-6-15(13)23/h5-10H,3-4H2,1-2H3/b16-8-. The van der Waals surface area contributed by atoms with Gasteiger partial charge in [-0.2, -0.15) is 0 Å². The lowest BCUT2D eigenvalue weighted by Gasteiger charge is -2.13. The summed E-state index contributed by atoms with van der Waals surface area (Å²) in [5.41, 5.74) is 1.30.